The van der Waals surface area contributed by atoms with Gasteiger partial charge in [-0.1, -0.05) is 36.7 Å². The Hall–Kier alpha value is -2.12. The van der Waals surface area contributed by atoms with Crippen LogP contribution in [0.5, 0.6) is 0 Å². The number of hydrogen-bond donors (Lipinski definition) is 1. The van der Waals surface area contributed by atoms with Gasteiger partial charge in [0, 0.05) is 23.5 Å². The third kappa shape index (κ3) is 6.49. The molecule has 1 heterocycles. The van der Waals surface area contributed by atoms with Crippen LogP contribution in [-0.4, -0.2) is 26.2 Å². The van der Waals surface area contributed by atoms with Gasteiger partial charge in [0.1, 0.15) is 17.3 Å². The predicted octanol–water partition coefficient (Wildman–Crippen LogP) is 4.93. The summed E-state index contributed by atoms with van der Waals surface area (Å²) < 4.78 is 24.6. The number of carbonyl (C=O) groups is 1. The van der Waals surface area contributed by atoms with Crippen molar-refractivity contribution in [2.45, 2.75) is 32.7 Å². The molecular formula is C20H23ClFN3O2S. The molecule has 0 aliphatic rings. The minimum atomic E-state index is -0.985. The number of carbonyl (C=O) groups excluding carboxylic acids is 1. The summed E-state index contributed by atoms with van der Waals surface area (Å²) in [5.41, 5.74) is 0.899. The Labute approximate surface area is 171 Å². The Morgan fingerprint density at radius 2 is 2.07 bits per heavy atom. The summed E-state index contributed by atoms with van der Waals surface area (Å²) in [6.45, 7) is 3.80. The van der Waals surface area contributed by atoms with Crippen molar-refractivity contribution in [1.29, 1.82) is 0 Å². The normalized spacial score (nSPS) is 14.6. The van der Waals surface area contributed by atoms with Crippen molar-refractivity contribution in [2.24, 2.45) is 5.92 Å². The molecule has 2 unspecified atom stereocenters. The van der Waals surface area contributed by atoms with Crippen molar-refractivity contribution in [1.82, 2.24) is 9.97 Å². The van der Waals surface area contributed by atoms with Crippen LogP contribution in [0.15, 0.2) is 42.1 Å². The molecule has 0 saturated carbocycles. The van der Waals surface area contributed by atoms with Crippen molar-refractivity contribution in [2.75, 3.05) is 11.6 Å². The largest absolute Gasteiger partial charge is 0.362 e. The molecule has 0 spiro atoms. The summed E-state index contributed by atoms with van der Waals surface area (Å²) in [7, 11) is -0.985. The molecule has 0 aliphatic carbocycles. The van der Waals surface area contributed by atoms with Gasteiger partial charge in [0.15, 0.2) is 5.78 Å². The van der Waals surface area contributed by atoms with E-state index in [1.165, 1.54) is 18.5 Å². The first-order chi connectivity index (χ1) is 13.3. The first kappa shape index (κ1) is 22.2. The number of benzene rings is 1. The van der Waals surface area contributed by atoms with Crippen LogP contribution in [0.1, 0.15) is 48.8 Å². The number of nitrogens with zero attached hydrogens (tertiary/aromatic N) is 2. The Bertz CT molecular complexity index is 874. The second kappa shape index (κ2) is 10.4. The maximum Gasteiger partial charge on any atom is 0.182 e. The predicted molar refractivity (Wildman–Crippen MR) is 111 cm³/mol. The van der Waals surface area contributed by atoms with Crippen LogP contribution >= 0.6 is 11.6 Å². The molecule has 0 amide bonds. The number of aromatic nitrogens is 2. The van der Waals surface area contributed by atoms with E-state index in [-0.39, 0.29) is 28.5 Å². The van der Waals surface area contributed by atoms with Crippen molar-refractivity contribution in [3.05, 3.63) is 64.2 Å². The van der Waals surface area contributed by atoms with E-state index < -0.39 is 16.6 Å². The molecule has 2 aromatic rings. The third-order valence-corrected chi connectivity index (χ3v) is 5.11. The number of Topliss-reactive ketones (excluding diaryl/α,β-unsaturated/α-hetero) is 1. The van der Waals surface area contributed by atoms with Gasteiger partial charge in [0.25, 0.3) is 0 Å². The smallest absolute Gasteiger partial charge is 0.182 e. The molecule has 3 atom stereocenters. The van der Waals surface area contributed by atoms with Gasteiger partial charge >= 0.3 is 0 Å². The highest BCUT2D eigenvalue weighted by Gasteiger charge is 2.14. The topological polar surface area (TPSA) is 72.0 Å². The van der Waals surface area contributed by atoms with E-state index in [2.05, 4.69) is 15.3 Å². The van der Waals surface area contributed by atoms with Crippen LogP contribution < -0.4 is 5.32 Å². The van der Waals surface area contributed by atoms with Crippen LogP contribution in [0.25, 0.3) is 0 Å². The number of rotatable bonds is 9. The van der Waals surface area contributed by atoms with Gasteiger partial charge in [-0.25, -0.2) is 14.4 Å². The summed E-state index contributed by atoms with van der Waals surface area (Å²) in [6, 6.07) is 4.35. The summed E-state index contributed by atoms with van der Waals surface area (Å²) in [6.07, 6.45) is 7.32. The standard InChI is InChI=1S/C20H23ClFN3O2S/c1-13(9-10-28(3)27)7-8-18(26)17-11-24-19(12-23-17)25-14(2)15-5-4-6-16(22)20(15)21/h4-6,9-14H,7-8H2,1-3H3,(H,24,25)/b10-9+/t13-,14?,28?/m0/s1. The summed E-state index contributed by atoms with van der Waals surface area (Å²) >= 11 is 6.00. The quantitative estimate of drug-likeness (QED) is 0.579. The highest BCUT2D eigenvalue weighted by molar-refractivity contribution is 7.87. The van der Waals surface area contributed by atoms with E-state index in [9.17, 15) is 13.4 Å². The number of ketones is 1. The lowest BCUT2D eigenvalue weighted by Gasteiger charge is -2.16. The zero-order chi connectivity index (χ0) is 20.7. The van der Waals surface area contributed by atoms with E-state index in [1.807, 2.05) is 19.9 Å². The highest BCUT2D eigenvalue weighted by Crippen LogP contribution is 2.27. The Kier molecular flexibility index (Phi) is 8.26. The highest BCUT2D eigenvalue weighted by atomic mass is 35.5. The molecule has 1 aromatic carbocycles. The maximum atomic E-state index is 13.6. The first-order valence-corrected chi connectivity index (χ1v) is 10.8. The molecule has 0 fully saturated rings. The Balaban J connectivity index is 1.94. The molecule has 1 N–H and O–H groups in total. The molecule has 28 heavy (non-hydrogen) atoms. The average molecular weight is 424 g/mol. The molecule has 0 bridgehead atoms. The summed E-state index contributed by atoms with van der Waals surface area (Å²) in [4.78, 5) is 20.6. The third-order valence-electron chi connectivity index (χ3n) is 4.18. The number of anilines is 1. The monoisotopic (exact) mass is 423 g/mol. The molecule has 0 radical (unpaired) electrons. The van der Waals surface area contributed by atoms with Gasteiger partial charge in [-0.05, 0) is 36.3 Å². The average Bonchev–Trinajstić information content (AvgIpc) is 2.67. The van der Waals surface area contributed by atoms with Gasteiger partial charge in [-0.15, -0.1) is 0 Å². The van der Waals surface area contributed by atoms with Gasteiger partial charge in [-0.3, -0.25) is 9.00 Å². The van der Waals surface area contributed by atoms with Crippen LogP contribution in [0, 0.1) is 11.7 Å². The number of halogens is 2. The molecule has 5 nitrogen and oxygen atoms in total. The fourth-order valence-electron chi connectivity index (χ4n) is 2.53. The van der Waals surface area contributed by atoms with Crippen molar-refractivity contribution in [3.63, 3.8) is 0 Å². The number of nitrogens with one attached hydrogen (secondary N) is 1. The second-order valence-electron chi connectivity index (χ2n) is 6.56. The molecule has 2 rings (SSSR count). The fraction of sp³-hybridized carbons (Fsp3) is 0.350. The minimum Gasteiger partial charge on any atom is -0.362 e. The van der Waals surface area contributed by atoms with E-state index in [4.69, 9.17) is 11.6 Å². The van der Waals surface area contributed by atoms with Gasteiger partial charge in [0.05, 0.1) is 23.5 Å². The SMILES string of the molecule is CC(Nc1cnc(C(=O)CC[C@H](C)/C=C/S(C)=O)cn1)c1cccc(F)c1Cl. The van der Waals surface area contributed by atoms with Crippen LogP contribution in [0.3, 0.4) is 0 Å². The number of allylic oxidation sites excluding steroid dienone is 1. The van der Waals surface area contributed by atoms with Crippen molar-refractivity contribution < 1.29 is 13.4 Å². The molecule has 150 valence electrons. The van der Waals surface area contributed by atoms with Crippen LogP contribution in [-0.2, 0) is 10.8 Å². The van der Waals surface area contributed by atoms with E-state index in [0.717, 1.165) is 0 Å². The lowest BCUT2D eigenvalue weighted by atomic mass is 10.0. The van der Waals surface area contributed by atoms with Crippen LogP contribution in [0.4, 0.5) is 10.2 Å². The molecular weight excluding hydrogens is 401 g/mol. The Morgan fingerprint density at radius 3 is 2.71 bits per heavy atom. The summed E-state index contributed by atoms with van der Waals surface area (Å²) in [5.74, 6) is 0.0389. The lowest BCUT2D eigenvalue weighted by Crippen LogP contribution is -2.11. The second-order valence-corrected chi connectivity index (χ2v) is 8.21. The lowest BCUT2D eigenvalue weighted by molar-refractivity contribution is 0.0971. The summed E-state index contributed by atoms with van der Waals surface area (Å²) in [5, 5.41) is 4.79. The fourth-order valence-corrected chi connectivity index (χ4v) is 3.31. The first-order valence-electron chi connectivity index (χ1n) is 8.84. The van der Waals surface area contributed by atoms with Gasteiger partial charge < -0.3 is 5.32 Å². The molecule has 8 heteroatoms. The zero-order valence-electron chi connectivity index (χ0n) is 16.0. The Morgan fingerprint density at radius 1 is 1.32 bits per heavy atom. The van der Waals surface area contributed by atoms with Crippen molar-refractivity contribution in [3.8, 4) is 0 Å². The van der Waals surface area contributed by atoms with Crippen LogP contribution in [0.2, 0.25) is 5.02 Å². The molecule has 0 aliphatic heterocycles. The molecule has 0 saturated heterocycles. The van der Waals surface area contributed by atoms with Gasteiger partial charge in [-0.2, -0.15) is 0 Å². The minimum absolute atomic E-state index is 0.0670. The van der Waals surface area contributed by atoms with E-state index in [0.29, 0.717) is 24.2 Å². The number of hydrogen-bond acceptors (Lipinski definition) is 5. The van der Waals surface area contributed by atoms with E-state index in [1.54, 1.807) is 23.8 Å². The van der Waals surface area contributed by atoms with Crippen molar-refractivity contribution >= 4 is 34.0 Å². The molecule has 1 aromatic heterocycles. The maximum absolute atomic E-state index is 13.6. The zero-order valence-corrected chi connectivity index (χ0v) is 17.6. The van der Waals surface area contributed by atoms with E-state index >= 15 is 0 Å². The van der Waals surface area contributed by atoms with Gasteiger partial charge in [0.2, 0.25) is 0 Å².